The third-order valence-corrected chi connectivity index (χ3v) is 5.99. The second-order valence-corrected chi connectivity index (χ2v) is 8.34. The van der Waals surface area contributed by atoms with E-state index in [4.69, 9.17) is 0 Å². The minimum Gasteiger partial charge on any atom is -0.294 e. The van der Waals surface area contributed by atoms with Gasteiger partial charge in [0, 0.05) is 40.6 Å². The summed E-state index contributed by atoms with van der Waals surface area (Å²) in [6, 6.07) is 12.4. The number of amides is 1. The first kappa shape index (κ1) is 19.5. The summed E-state index contributed by atoms with van der Waals surface area (Å²) in [6.45, 7) is 1.77. The molecule has 0 bridgehead atoms. The van der Waals surface area contributed by atoms with Gasteiger partial charge in [-0.1, -0.05) is 34.1 Å². The Morgan fingerprint density at radius 3 is 2.66 bits per heavy atom. The SMILES string of the molecule is Cc1ccc(N2C(=O)CC(c3cccc(Br)c3)C3=C2CCCC3=O)c([N+](=O)[O-])c1. The molecular formula is C22H19BrN2O4. The van der Waals surface area contributed by atoms with Crippen LogP contribution in [-0.4, -0.2) is 16.6 Å². The lowest BCUT2D eigenvalue weighted by Gasteiger charge is -2.38. The minimum absolute atomic E-state index is 0.0171. The molecule has 4 rings (SSSR count). The zero-order chi connectivity index (χ0) is 20.7. The van der Waals surface area contributed by atoms with Crippen molar-refractivity contribution in [3.05, 3.63) is 79.4 Å². The van der Waals surface area contributed by atoms with Crippen molar-refractivity contribution < 1.29 is 14.5 Å². The van der Waals surface area contributed by atoms with Crippen molar-refractivity contribution in [2.45, 2.75) is 38.5 Å². The molecule has 0 radical (unpaired) electrons. The van der Waals surface area contributed by atoms with E-state index >= 15 is 0 Å². The monoisotopic (exact) mass is 454 g/mol. The van der Waals surface area contributed by atoms with Crippen LogP contribution in [0.2, 0.25) is 0 Å². The van der Waals surface area contributed by atoms with Crippen LogP contribution in [0.25, 0.3) is 0 Å². The number of carbonyl (C=O) groups is 2. The Labute approximate surface area is 176 Å². The normalized spacial score (nSPS) is 19.4. The highest BCUT2D eigenvalue weighted by Crippen LogP contribution is 2.45. The van der Waals surface area contributed by atoms with Gasteiger partial charge in [-0.2, -0.15) is 0 Å². The zero-order valence-corrected chi connectivity index (χ0v) is 17.4. The molecule has 1 amide bonds. The van der Waals surface area contributed by atoms with Crippen molar-refractivity contribution in [3.63, 3.8) is 0 Å². The molecular weight excluding hydrogens is 436 g/mol. The van der Waals surface area contributed by atoms with E-state index in [9.17, 15) is 19.7 Å². The number of Topliss-reactive ketones (excluding diaryl/α,β-unsaturated/α-hetero) is 1. The molecule has 0 N–H and O–H groups in total. The van der Waals surface area contributed by atoms with Crippen LogP contribution in [0.1, 0.15) is 42.7 Å². The quantitative estimate of drug-likeness (QED) is 0.471. The lowest BCUT2D eigenvalue weighted by Crippen LogP contribution is -2.40. The third-order valence-electron chi connectivity index (χ3n) is 5.49. The fourth-order valence-corrected chi connectivity index (χ4v) is 4.67. The molecule has 1 aliphatic heterocycles. The van der Waals surface area contributed by atoms with E-state index in [1.54, 1.807) is 19.1 Å². The molecule has 0 saturated carbocycles. The van der Waals surface area contributed by atoms with Crippen molar-refractivity contribution in [2.75, 3.05) is 4.90 Å². The highest BCUT2D eigenvalue weighted by atomic mass is 79.9. The Kier molecular flexibility index (Phi) is 5.08. The molecule has 1 unspecified atom stereocenters. The minimum atomic E-state index is -0.471. The van der Waals surface area contributed by atoms with Gasteiger partial charge in [0.1, 0.15) is 5.69 Å². The summed E-state index contributed by atoms with van der Waals surface area (Å²) in [5.74, 6) is -0.539. The average molecular weight is 455 g/mol. The summed E-state index contributed by atoms with van der Waals surface area (Å²) >= 11 is 3.46. The number of rotatable bonds is 3. The van der Waals surface area contributed by atoms with Crippen molar-refractivity contribution in [2.24, 2.45) is 0 Å². The Bertz CT molecular complexity index is 1080. The van der Waals surface area contributed by atoms with Gasteiger partial charge in [-0.25, -0.2) is 0 Å². The van der Waals surface area contributed by atoms with E-state index in [0.29, 0.717) is 30.5 Å². The summed E-state index contributed by atoms with van der Waals surface area (Å²) < 4.78 is 0.879. The van der Waals surface area contributed by atoms with Crippen LogP contribution in [0.5, 0.6) is 0 Å². The highest BCUT2D eigenvalue weighted by molar-refractivity contribution is 9.10. The fraction of sp³-hybridized carbons (Fsp3) is 0.273. The number of hydrogen-bond donors (Lipinski definition) is 0. The number of anilines is 1. The van der Waals surface area contributed by atoms with Crippen LogP contribution in [0.3, 0.4) is 0 Å². The smallest absolute Gasteiger partial charge is 0.293 e. The Hall–Kier alpha value is -2.80. The van der Waals surface area contributed by atoms with Crippen molar-refractivity contribution in [1.82, 2.24) is 0 Å². The Balaban J connectivity index is 1.91. The molecule has 0 fully saturated rings. The number of halogens is 1. The van der Waals surface area contributed by atoms with E-state index in [1.807, 2.05) is 24.3 Å². The highest BCUT2D eigenvalue weighted by Gasteiger charge is 2.41. The molecule has 1 heterocycles. The van der Waals surface area contributed by atoms with Crippen LogP contribution in [-0.2, 0) is 9.59 Å². The number of ketones is 1. The Morgan fingerprint density at radius 2 is 1.93 bits per heavy atom. The molecule has 1 aliphatic carbocycles. The van der Waals surface area contributed by atoms with Gasteiger partial charge in [0.15, 0.2) is 5.78 Å². The molecule has 148 valence electrons. The predicted octanol–water partition coefficient (Wildman–Crippen LogP) is 5.19. The van der Waals surface area contributed by atoms with Crippen molar-refractivity contribution in [3.8, 4) is 0 Å². The van der Waals surface area contributed by atoms with E-state index in [-0.39, 0.29) is 35.4 Å². The van der Waals surface area contributed by atoms with Gasteiger partial charge in [0.2, 0.25) is 5.91 Å². The molecule has 2 aliphatic rings. The first-order chi connectivity index (χ1) is 13.9. The lowest BCUT2D eigenvalue weighted by atomic mass is 9.77. The molecule has 0 aromatic heterocycles. The number of aryl methyl sites for hydroxylation is 1. The molecule has 0 saturated heterocycles. The number of benzene rings is 2. The number of hydrogen-bond acceptors (Lipinski definition) is 4. The molecule has 2 aromatic rings. The zero-order valence-electron chi connectivity index (χ0n) is 15.9. The summed E-state index contributed by atoms with van der Waals surface area (Å²) in [5, 5.41) is 11.7. The average Bonchev–Trinajstić information content (AvgIpc) is 2.68. The van der Waals surface area contributed by atoms with Crippen LogP contribution in [0.4, 0.5) is 11.4 Å². The molecule has 2 aromatic carbocycles. The molecule has 7 heteroatoms. The van der Waals surface area contributed by atoms with E-state index in [0.717, 1.165) is 15.6 Å². The fourth-order valence-electron chi connectivity index (χ4n) is 4.25. The molecule has 6 nitrogen and oxygen atoms in total. The number of nitrogens with zero attached hydrogens (tertiary/aromatic N) is 2. The maximum Gasteiger partial charge on any atom is 0.293 e. The van der Waals surface area contributed by atoms with Gasteiger partial charge in [0.05, 0.1) is 4.92 Å². The maximum atomic E-state index is 13.2. The molecule has 1 atom stereocenters. The number of carbonyl (C=O) groups excluding carboxylic acids is 2. The van der Waals surface area contributed by atoms with Gasteiger partial charge in [-0.05, 0) is 49.1 Å². The summed E-state index contributed by atoms with van der Waals surface area (Å²) in [7, 11) is 0. The predicted molar refractivity (Wildman–Crippen MR) is 113 cm³/mol. The van der Waals surface area contributed by atoms with Crippen molar-refractivity contribution >= 4 is 39.0 Å². The second kappa shape index (κ2) is 7.55. The van der Waals surface area contributed by atoms with Crippen LogP contribution in [0, 0.1) is 17.0 Å². The lowest BCUT2D eigenvalue weighted by molar-refractivity contribution is -0.384. The van der Waals surface area contributed by atoms with Gasteiger partial charge >= 0.3 is 0 Å². The largest absolute Gasteiger partial charge is 0.294 e. The van der Waals surface area contributed by atoms with Gasteiger partial charge < -0.3 is 0 Å². The molecule has 0 spiro atoms. The summed E-state index contributed by atoms with van der Waals surface area (Å²) in [6.07, 6.45) is 1.71. The topological polar surface area (TPSA) is 80.5 Å². The van der Waals surface area contributed by atoms with Crippen LogP contribution >= 0.6 is 15.9 Å². The number of nitro benzene ring substituents is 1. The first-order valence-electron chi connectivity index (χ1n) is 9.46. The number of nitro groups is 1. The van der Waals surface area contributed by atoms with E-state index < -0.39 is 4.92 Å². The van der Waals surface area contributed by atoms with Gasteiger partial charge in [-0.15, -0.1) is 0 Å². The number of allylic oxidation sites excluding steroid dienone is 2. The Morgan fingerprint density at radius 1 is 1.14 bits per heavy atom. The first-order valence-corrected chi connectivity index (χ1v) is 10.3. The summed E-state index contributed by atoms with van der Waals surface area (Å²) in [5.41, 5.74) is 2.97. The van der Waals surface area contributed by atoms with E-state index in [1.165, 1.54) is 11.0 Å². The van der Waals surface area contributed by atoms with Crippen LogP contribution < -0.4 is 4.90 Å². The standard InChI is InChI=1S/C22H19BrN2O4/c1-13-8-9-17(19(10-13)25(28)29)24-18-6-3-7-20(26)22(18)16(12-21(24)27)14-4-2-5-15(23)11-14/h2,4-5,8-11,16H,3,6-7,12H2,1H3. The second-order valence-electron chi connectivity index (χ2n) is 7.43. The molecule has 29 heavy (non-hydrogen) atoms. The van der Waals surface area contributed by atoms with Crippen LogP contribution in [0.15, 0.2) is 58.2 Å². The van der Waals surface area contributed by atoms with Gasteiger partial charge in [-0.3, -0.25) is 24.6 Å². The summed E-state index contributed by atoms with van der Waals surface area (Å²) in [4.78, 5) is 38.7. The van der Waals surface area contributed by atoms with Crippen molar-refractivity contribution in [1.29, 1.82) is 0 Å². The maximum absolute atomic E-state index is 13.2. The van der Waals surface area contributed by atoms with E-state index in [2.05, 4.69) is 15.9 Å². The third kappa shape index (κ3) is 3.51. The van der Waals surface area contributed by atoms with Gasteiger partial charge in [0.25, 0.3) is 5.69 Å².